The van der Waals surface area contributed by atoms with Gasteiger partial charge in [-0.1, -0.05) is 6.92 Å². The van der Waals surface area contributed by atoms with Gasteiger partial charge in [-0.3, -0.25) is 4.79 Å². The molecule has 2 aliphatic rings. The normalized spacial score (nSPS) is 20.8. The Morgan fingerprint density at radius 3 is 2.68 bits per heavy atom. The van der Waals surface area contributed by atoms with Crippen LogP contribution in [0.2, 0.25) is 0 Å². The zero-order valence-corrected chi connectivity index (χ0v) is 11.2. The molecular formula is C14H18N2O3. The zero-order chi connectivity index (χ0) is 13.4. The Morgan fingerprint density at radius 2 is 2.00 bits per heavy atom. The number of anilines is 2. The summed E-state index contributed by atoms with van der Waals surface area (Å²) in [5, 5.41) is 3.22. The van der Waals surface area contributed by atoms with E-state index in [-0.39, 0.29) is 11.9 Å². The molecular weight excluding hydrogens is 244 g/mol. The third-order valence-electron chi connectivity index (χ3n) is 3.41. The Morgan fingerprint density at radius 1 is 1.32 bits per heavy atom. The molecule has 2 heterocycles. The Hall–Kier alpha value is -1.91. The van der Waals surface area contributed by atoms with Gasteiger partial charge in [0, 0.05) is 18.7 Å². The summed E-state index contributed by atoms with van der Waals surface area (Å²) in [6.45, 7) is 5.79. The average Bonchev–Trinajstić information content (AvgIpc) is 2.42. The van der Waals surface area contributed by atoms with Crippen LogP contribution in [0.4, 0.5) is 11.4 Å². The third kappa shape index (κ3) is 1.99. The van der Waals surface area contributed by atoms with Gasteiger partial charge in [0.25, 0.3) is 0 Å². The minimum absolute atomic E-state index is 0.103. The van der Waals surface area contributed by atoms with Crippen molar-refractivity contribution in [2.45, 2.75) is 26.3 Å². The lowest BCUT2D eigenvalue weighted by atomic mass is 10.1. The molecule has 5 heteroatoms. The molecule has 0 bridgehead atoms. The summed E-state index contributed by atoms with van der Waals surface area (Å²) < 4.78 is 11.2. The monoisotopic (exact) mass is 262 g/mol. The van der Waals surface area contributed by atoms with Crippen molar-refractivity contribution >= 4 is 17.3 Å². The van der Waals surface area contributed by atoms with E-state index in [1.54, 1.807) is 0 Å². The summed E-state index contributed by atoms with van der Waals surface area (Å²) in [6, 6.07) is 3.62. The van der Waals surface area contributed by atoms with E-state index in [9.17, 15) is 4.79 Å². The molecule has 0 aliphatic carbocycles. The number of carbonyl (C=O) groups excluding carboxylic acids is 1. The smallest absolute Gasteiger partial charge is 0.249 e. The van der Waals surface area contributed by atoms with Gasteiger partial charge in [-0.2, -0.15) is 0 Å². The largest absolute Gasteiger partial charge is 0.486 e. The molecule has 1 aromatic carbocycles. The van der Waals surface area contributed by atoms with Gasteiger partial charge in [0.2, 0.25) is 5.91 Å². The standard InChI is InChI=1S/C14H18N2O3/c1-3-4-16-11-8-13-12(18-5-6-19-13)7-10(11)15-9(2)14(16)17/h7-9,15H,3-6H2,1-2H3. The molecule has 1 unspecified atom stereocenters. The number of hydrogen-bond donors (Lipinski definition) is 1. The molecule has 0 spiro atoms. The second kappa shape index (κ2) is 4.64. The lowest BCUT2D eigenvalue weighted by Gasteiger charge is -2.35. The fourth-order valence-electron chi connectivity index (χ4n) is 2.52. The molecule has 1 aromatic rings. The highest BCUT2D eigenvalue weighted by Crippen LogP contribution is 2.42. The van der Waals surface area contributed by atoms with Gasteiger partial charge in [-0.25, -0.2) is 0 Å². The van der Waals surface area contributed by atoms with E-state index < -0.39 is 0 Å². The first-order chi connectivity index (χ1) is 9.20. The summed E-state index contributed by atoms with van der Waals surface area (Å²) in [6.07, 6.45) is 0.923. The quantitative estimate of drug-likeness (QED) is 0.886. The Kier molecular flexibility index (Phi) is 2.97. The highest BCUT2D eigenvalue weighted by Gasteiger charge is 2.31. The molecule has 5 nitrogen and oxygen atoms in total. The van der Waals surface area contributed by atoms with Crippen LogP contribution in [0.5, 0.6) is 11.5 Å². The van der Waals surface area contributed by atoms with Crippen molar-refractivity contribution in [3.05, 3.63) is 12.1 Å². The first-order valence-corrected chi connectivity index (χ1v) is 6.72. The van der Waals surface area contributed by atoms with Gasteiger partial charge in [-0.05, 0) is 13.3 Å². The SMILES string of the molecule is CCCN1C(=O)C(C)Nc2cc3c(cc21)OCCO3. The number of hydrogen-bond acceptors (Lipinski definition) is 4. The lowest BCUT2D eigenvalue weighted by Crippen LogP contribution is -2.46. The molecule has 1 atom stereocenters. The fraction of sp³-hybridized carbons (Fsp3) is 0.500. The number of amides is 1. The average molecular weight is 262 g/mol. The van der Waals surface area contributed by atoms with Crippen LogP contribution >= 0.6 is 0 Å². The second-order valence-electron chi connectivity index (χ2n) is 4.87. The van der Waals surface area contributed by atoms with Crippen molar-refractivity contribution in [3.63, 3.8) is 0 Å². The molecule has 3 rings (SSSR count). The molecule has 19 heavy (non-hydrogen) atoms. The van der Waals surface area contributed by atoms with E-state index in [1.807, 2.05) is 24.0 Å². The Balaban J connectivity index is 2.06. The number of carbonyl (C=O) groups is 1. The minimum atomic E-state index is -0.207. The Bertz CT molecular complexity index is 516. The molecule has 0 saturated carbocycles. The molecule has 1 N–H and O–H groups in total. The number of nitrogens with zero attached hydrogens (tertiary/aromatic N) is 1. The maximum Gasteiger partial charge on any atom is 0.249 e. The van der Waals surface area contributed by atoms with E-state index in [4.69, 9.17) is 9.47 Å². The van der Waals surface area contributed by atoms with Crippen molar-refractivity contribution in [3.8, 4) is 11.5 Å². The van der Waals surface area contributed by atoms with Gasteiger partial charge < -0.3 is 19.7 Å². The van der Waals surface area contributed by atoms with Crippen molar-refractivity contribution < 1.29 is 14.3 Å². The summed E-state index contributed by atoms with van der Waals surface area (Å²) in [5.74, 6) is 1.57. The maximum atomic E-state index is 12.2. The van der Waals surface area contributed by atoms with Gasteiger partial charge in [0.1, 0.15) is 19.3 Å². The number of ether oxygens (including phenoxy) is 2. The lowest BCUT2D eigenvalue weighted by molar-refractivity contribution is -0.119. The highest BCUT2D eigenvalue weighted by molar-refractivity contribution is 6.05. The predicted molar refractivity (Wildman–Crippen MR) is 73.2 cm³/mol. The van der Waals surface area contributed by atoms with Crippen LogP contribution in [-0.2, 0) is 4.79 Å². The first kappa shape index (κ1) is 12.1. The molecule has 0 aromatic heterocycles. The molecule has 0 fully saturated rings. The number of rotatable bonds is 2. The van der Waals surface area contributed by atoms with E-state index in [0.29, 0.717) is 13.2 Å². The van der Waals surface area contributed by atoms with E-state index in [1.165, 1.54) is 0 Å². The minimum Gasteiger partial charge on any atom is -0.486 e. The van der Waals surface area contributed by atoms with E-state index >= 15 is 0 Å². The summed E-state index contributed by atoms with van der Waals surface area (Å²) in [5.41, 5.74) is 1.82. The van der Waals surface area contributed by atoms with Crippen molar-refractivity contribution in [1.29, 1.82) is 0 Å². The molecule has 1 amide bonds. The van der Waals surface area contributed by atoms with Gasteiger partial charge in [-0.15, -0.1) is 0 Å². The molecule has 0 radical (unpaired) electrons. The number of benzene rings is 1. The second-order valence-corrected chi connectivity index (χ2v) is 4.87. The summed E-state index contributed by atoms with van der Waals surface area (Å²) >= 11 is 0. The maximum absolute atomic E-state index is 12.2. The van der Waals surface area contributed by atoms with Crippen LogP contribution in [0.15, 0.2) is 12.1 Å². The molecule has 0 saturated heterocycles. The van der Waals surface area contributed by atoms with Crippen LogP contribution in [-0.4, -0.2) is 31.7 Å². The summed E-state index contributed by atoms with van der Waals surface area (Å²) in [7, 11) is 0. The van der Waals surface area contributed by atoms with Crippen LogP contribution in [0, 0.1) is 0 Å². The van der Waals surface area contributed by atoms with Gasteiger partial charge >= 0.3 is 0 Å². The predicted octanol–water partition coefficient (Wildman–Crippen LogP) is 2.01. The number of fused-ring (bicyclic) bond motifs is 2. The summed E-state index contributed by atoms with van der Waals surface area (Å²) in [4.78, 5) is 14.1. The fourth-order valence-corrected chi connectivity index (χ4v) is 2.52. The van der Waals surface area contributed by atoms with Crippen LogP contribution in [0.25, 0.3) is 0 Å². The van der Waals surface area contributed by atoms with Gasteiger partial charge in [0.15, 0.2) is 11.5 Å². The van der Waals surface area contributed by atoms with Crippen LogP contribution in [0.1, 0.15) is 20.3 Å². The van der Waals surface area contributed by atoms with E-state index in [2.05, 4.69) is 12.2 Å². The first-order valence-electron chi connectivity index (χ1n) is 6.72. The van der Waals surface area contributed by atoms with Crippen molar-refractivity contribution in [2.24, 2.45) is 0 Å². The Labute approximate surface area is 112 Å². The van der Waals surface area contributed by atoms with E-state index in [0.717, 1.165) is 35.8 Å². The van der Waals surface area contributed by atoms with Crippen LogP contribution < -0.4 is 19.7 Å². The number of nitrogens with one attached hydrogen (secondary N) is 1. The third-order valence-corrected chi connectivity index (χ3v) is 3.41. The molecule has 102 valence electrons. The topological polar surface area (TPSA) is 50.8 Å². The zero-order valence-electron chi connectivity index (χ0n) is 11.2. The molecule has 2 aliphatic heterocycles. The van der Waals surface area contributed by atoms with Crippen LogP contribution in [0.3, 0.4) is 0 Å². The highest BCUT2D eigenvalue weighted by atomic mass is 16.6. The van der Waals surface area contributed by atoms with Crippen molar-refractivity contribution in [1.82, 2.24) is 0 Å². The van der Waals surface area contributed by atoms with Gasteiger partial charge in [0.05, 0.1) is 11.4 Å². The van der Waals surface area contributed by atoms with Crippen molar-refractivity contribution in [2.75, 3.05) is 30.0 Å².